The van der Waals surface area contributed by atoms with Gasteiger partial charge < -0.3 is 23.8 Å². The number of ether oxygens (including phenoxy) is 4. The number of rotatable bonds is 8. The van der Waals surface area contributed by atoms with E-state index in [1.54, 1.807) is 20.0 Å². The number of hydrogen-bond acceptors (Lipinski definition) is 8. The first-order valence-electron chi connectivity index (χ1n) is 13.9. The summed E-state index contributed by atoms with van der Waals surface area (Å²) >= 11 is 5.76. The standard InChI is InChI=1S/C31H34ClF2N3O5/c1-18-25(27-29(38)42-31(4,5)41-27)26(37-10-8-30(2,3)9-11-37)21(17-35-18)19-14-23(34)28(36-16-19)40-13-12-39-24-7-6-20(32)15-22(24)33/h6-7,14-17,27H,8-13H2,1-5H3/t27-/m0/s1. The third-order valence-electron chi connectivity index (χ3n) is 7.54. The summed E-state index contributed by atoms with van der Waals surface area (Å²) in [5, 5.41) is 0.255. The number of aryl methyl sites for hydroxylation is 1. The summed E-state index contributed by atoms with van der Waals surface area (Å²) in [6, 6.07) is 5.39. The number of hydrogen-bond donors (Lipinski definition) is 0. The van der Waals surface area contributed by atoms with E-state index in [0.717, 1.165) is 37.7 Å². The molecule has 0 aliphatic carbocycles. The van der Waals surface area contributed by atoms with Gasteiger partial charge in [-0.25, -0.2) is 18.6 Å². The minimum atomic E-state index is -1.08. The van der Waals surface area contributed by atoms with Crippen LogP contribution in [0.15, 0.2) is 36.7 Å². The second-order valence-corrected chi connectivity index (χ2v) is 12.2. The topological polar surface area (TPSA) is 83.0 Å². The van der Waals surface area contributed by atoms with Crippen molar-refractivity contribution in [3.05, 3.63) is 64.6 Å². The molecule has 5 rings (SSSR count). The fourth-order valence-corrected chi connectivity index (χ4v) is 5.36. The molecule has 224 valence electrons. The van der Waals surface area contributed by atoms with Crippen molar-refractivity contribution in [2.24, 2.45) is 5.41 Å². The molecule has 0 N–H and O–H groups in total. The van der Waals surface area contributed by atoms with Crippen molar-refractivity contribution in [1.29, 1.82) is 0 Å². The van der Waals surface area contributed by atoms with Gasteiger partial charge in [-0.05, 0) is 49.4 Å². The van der Waals surface area contributed by atoms with Gasteiger partial charge in [0.25, 0.3) is 5.88 Å². The van der Waals surface area contributed by atoms with E-state index in [1.807, 2.05) is 6.92 Å². The Bertz CT molecular complexity index is 1490. The molecule has 1 atom stereocenters. The molecule has 0 bridgehead atoms. The van der Waals surface area contributed by atoms with Crippen LogP contribution in [-0.4, -0.2) is 48.0 Å². The number of anilines is 1. The Balaban J connectivity index is 1.42. The van der Waals surface area contributed by atoms with Gasteiger partial charge in [-0.3, -0.25) is 4.98 Å². The Morgan fingerprint density at radius 2 is 1.74 bits per heavy atom. The lowest BCUT2D eigenvalue weighted by Crippen LogP contribution is -2.38. The van der Waals surface area contributed by atoms with Crippen LogP contribution in [0.1, 0.15) is 57.9 Å². The summed E-state index contributed by atoms with van der Waals surface area (Å²) in [4.78, 5) is 23.9. The van der Waals surface area contributed by atoms with Gasteiger partial charge in [-0.2, -0.15) is 0 Å². The Kier molecular flexibility index (Phi) is 8.31. The highest BCUT2D eigenvalue weighted by Crippen LogP contribution is 2.45. The molecule has 42 heavy (non-hydrogen) atoms. The lowest BCUT2D eigenvalue weighted by Gasteiger charge is -2.40. The smallest absolute Gasteiger partial charge is 0.342 e. The number of piperidine rings is 1. The summed E-state index contributed by atoms with van der Waals surface area (Å²) in [7, 11) is 0. The summed E-state index contributed by atoms with van der Waals surface area (Å²) in [6.07, 6.45) is 4.09. The number of esters is 1. The van der Waals surface area contributed by atoms with Crippen LogP contribution in [0, 0.1) is 24.0 Å². The van der Waals surface area contributed by atoms with Crippen molar-refractivity contribution in [2.45, 2.75) is 59.4 Å². The molecule has 2 aromatic heterocycles. The van der Waals surface area contributed by atoms with E-state index < -0.39 is 29.5 Å². The maximum atomic E-state index is 15.3. The Labute approximate surface area is 248 Å². The average Bonchev–Trinajstić information content (AvgIpc) is 3.19. The monoisotopic (exact) mass is 601 g/mol. The lowest BCUT2D eigenvalue weighted by molar-refractivity contribution is -0.160. The number of benzene rings is 1. The summed E-state index contributed by atoms with van der Waals surface area (Å²) in [6.45, 7) is 11.1. The fourth-order valence-electron chi connectivity index (χ4n) is 5.20. The van der Waals surface area contributed by atoms with Crippen molar-refractivity contribution in [1.82, 2.24) is 9.97 Å². The van der Waals surface area contributed by atoms with Crippen LogP contribution < -0.4 is 14.4 Å². The SMILES string of the molecule is Cc1ncc(-c2cnc(OCCOc3ccc(Cl)cc3F)c(F)c2)c(N2CCC(C)(C)CC2)c1[C@@H]1OC(C)(C)OC1=O. The fraction of sp³-hybridized carbons (Fsp3) is 0.452. The van der Waals surface area contributed by atoms with E-state index in [0.29, 0.717) is 22.4 Å². The van der Waals surface area contributed by atoms with Crippen LogP contribution >= 0.6 is 11.6 Å². The van der Waals surface area contributed by atoms with Crippen LogP contribution in [0.4, 0.5) is 14.5 Å². The molecule has 2 aliphatic rings. The number of halogens is 3. The molecule has 8 nitrogen and oxygen atoms in total. The van der Waals surface area contributed by atoms with Crippen molar-refractivity contribution < 1.29 is 32.5 Å². The molecule has 0 radical (unpaired) electrons. The maximum Gasteiger partial charge on any atom is 0.342 e. The minimum absolute atomic E-state index is 0.0154. The van der Waals surface area contributed by atoms with Crippen LogP contribution in [0.25, 0.3) is 11.1 Å². The quantitative estimate of drug-likeness (QED) is 0.205. The molecular weight excluding hydrogens is 568 g/mol. The molecule has 2 fully saturated rings. The Morgan fingerprint density at radius 3 is 2.38 bits per heavy atom. The number of carbonyl (C=O) groups is 1. The molecule has 11 heteroatoms. The van der Waals surface area contributed by atoms with Crippen LogP contribution in [0.2, 0.25) is 5.02 Å². The molecule has 4 heterocycles. The van der Waals surface area contributed by atoms with Gasteiger partial charge in [0, 0.05) is 66.7 Å². The molecule has 1 aromatic carbocycles. The van der Waals surface area contributed by atoms with E-state index in [9.17, 15) is 9.18 Å². The van der Waals surface area contributed by atoms with E-state index in [1.165, 1.54) is 24.4 Å². The second kappa shape index (κ2) is 11.6. The summed E-state index contributed by atoms with van der Waals surface area (Å²) in [5.74, 6) is -3.06. The second-order valence-electron chi connectivity index (χ2n) is 11.8. The normalized spacial score (nSPS) is 19.5. The van der Waals surface area contributed by atoms with Crippen LogP contribution in [0.3, 0.4) is 0 Å². The number of nitrogens with zero attached hydrogens (tertiary/aromatic N) is 3. The molecule has 2 aliphatic heterocycles. The van der Waals surface area contributed by atoms with E-state index in [2.05, 4.69) is 28.7 Å². The highest BCUT2D eigenvalue weighted by atomic mass is 35.5. The number of cyclic esters (lactones) is 1. The predicted octanol–water partition coefficient (Wildman–Crippen LogP) is 6.82. The Hall–Kier alpha value is -3.50. The van der Waals surface area contributed by atoms with E-state index in [4.69, 9.17) is 30.5 Å². The van der Waals surface area contributed by atoms with Crippen molar-refractivity contribution >= 4 is 23.3 Å². The van der Waals surface area contributed by atoms with Gasteiger partial charge in [0.05, 0.1) is 5.69 Å². The van der Waals surface area contributed by atoms with Gasteiger partial charge in [0.2, 0.25) is 5.79 Å². The lowest BCUT2D eigenvalue weighted by atomic mass is 9.82. The molecule has 0 unspecified atom stereocenters. The molecule has 0 spiro atoms. The predicted molar refractivity (Wildman–Crippen MR) is 154 cm³/mol. The van der Waals surface area contributed by atoms with Gasteiger partial charge in [-0.1, -0.05) is 25.4 Å². The molecule has 2 saturated heterocycles. The molecule has 0 amide bonds. The molecule has 3 aromatic rings. The van der Waals surface area contributed by atoms with Gasteiger partial charge in [-0.15, -0.1) is 0 Å². The number of aromatic nitrogens is 2. The third kappa shape index (κ3) is 6.44. The third-order valence-corrected chi connectivity index (χ3v) is 7.77. The zero-order chi connectivity index (χ0) is 30.2. The maximum absolute atomic E-state index is 15.3. The highest BCUT2D eigenvalue weighted by molar-refractivity contribution is 6.30. The van der Waals surface area contributed by atoms with Crippen molar-refractivity contribution in [2.75, 3.05) is 31.2 Å². The minimum Gasteiger partial charge on any atom is -0.487 e. The first-order valence-corrected chi connectivity index (χ1v) is 14.2. The zero-order valence-electron chi connectivity index (χ0n) is 24.3. The zero-order valence-corrected chi connectivity index (χ0v) is 25.1. The molecular formula is C31H34ClF2N3O5. The summed E-state index contributed by atoms with van der Waals surface area (Å²) < 4.78 is 51.6. The van der Waals surface area contributed by atoms with Gasteiger partial charge in [0.15, 0.2) is 23.5 Å². The largest absolute Gasteiger partial charge is 0.487 e. The summed E-state index contributed by atoms with van der Waals surface area (Å²) in [5.41, 5.74) is 3.26. The first kappa shape index (κ1) is 30.0. The Morgan fingerprint density at radius 1 is 1.02 bits per heavy atom. The molecule has 0 saturated carbocycles. The van der Waals surface area contributed by atoms with Crippen LogP contribution in [-0.2, 0) is 14.3 Å². The van der Waals surface area contributed by atoms with Gasteiger partial charge >= 0.3 is 5.97 Å². The van der Waals surface area contributed by atoms with Crippen molar-refractivity contribution in [3.63, 3.8) is 0 Å². The van der Waals surface area contributed by atoms with E-state index >= 15 is 4.39 Å². The number of pyridine rings is 2. The first-order chi connectivity index (χ1) is 19.8. The van der Waals surface area contributed by atoms with Crippen LogP contribution in [0.5, 0.6) is 11.6 Å². The number of carbonyl (C=O) groups excluding carboxylic acids is 1. The highest BCUT2D eigenvalue weighted by Gasteiger charge is 2.45. The van der Waals surface area contributed by atoms with Crippen molar-refractivity contribution in [3.8, 4) is 22.8 Å². The average molecular weight is 602 g/mol. The van der Waals surface area contributed by atoms with E-state index in [-0.39, 0.29) is 35.3 Å². The van der Waals surface area contributed by atoms with Gasteiger partial charge in [0.1, 0.15) is 13.2 Å².